The molecule has 0 aliphatic carbocycles. The molecule has 0 N–H and O–H groups in total. The summed E-state index contributed by atoms with van der Waals surface area (Å²) in [5, 5.41) is 8.27. The van der Waals surface area contributed by atoms with E-state index in [1.165, 1.54) is 0 Å². The van der Waals surface area contributed by atoms with Gasteiger partial charge in [-0.05, 0) is 41.5 Å². The van der Waals surface area contributed by atoms with Crippen molar-refractivity contribution in [2.75, 3.05) is 13.2 Å². The van der Waals surface area contributed by atoms with Crippen molar-refractivity contribution in [3.05, 3.63) is 40.3 Å². The maximum atomic E-state index is 12.3. The molecule has 6 nitrogen and oxygen atoms in total. The molecule has 0 saturated carbocycles. The number of thioether (sulfide) groups is 1. The van der Waals surface area contributed by atoms with E-state index in [-0.39, 0.29) is 24.0 Å². The van der Waals surface area contributed by atoms with Gasteiger partial charge in [-0.15, -0.1) is 0 Å². The van der Waals surface area contributed by atoms with Crippen LogP contribution in [0.15, 0.2) is 29.2 Å². The fraction of sp³-hybridized carbons (Fsp3) is 0.294. The maximum absolute atomic E-state index is 12.3. The van der Waals surface area contributed by atoms with Crippen molar-refractivity contribution >= 4 is 35.0 Å². The van der Waals surface area contributed by atoms with Crippen LogP contribution in [0.3, 0.4) is 0 Å². The molecule has 1 aliphatic heterocycles. The van der Waals surface area contributed by atoms with Gasteiger partial charge in [-0.3, -0.25) is 19.3 Å². The largest absolute Gasteiger partial charge is 0.464 e. The fourth-order valence-electron chi connectivity index (χ4n) is 1.88. The molecule has 2 amide bonds. The Labute approximate surface area is 144 Å². The molecular formula is C17H16N2O4S. The molecule has 0 atom stereocenters. The molecule has 1 aromatic carbocycles. The smallest absolute Gasteiger partial charge is 0.326 e. The standard InChI is InChI=1S/C17H16N2O4S/c1-11(2)10-23-15(20)9-19-16(21)14(24-17(19)22)7-12-3-5-13(8-18)6-4-12/h3-7,11H,9-10H2,1-2H3/b14-7+. The molecule has 124 valence electrons. The minimum absolute atomic E-state index is 0.181. The van der Waals surface area contributed by atoms with E-state index in [4.69, 9.17) is 10.00 Å². The number of nitrogens with zero attached hydrogens (tertiary/aromatic N) is 2. The van der Waals surface area contributed by atoms with Gasteiger partial charge in [-0.25, -0.2) is 0 Å². The van der Waals surface area contributed by atoms with E-state index in [2.05, 4.69) is 0 Å². The molecule has 0 aromatic heterocycles. The summed E-state index contributed by atoms with van der Waals surface area (Å²) >= 11 is 0.779. The molecule has 1 aromatic rings. The van der Waals surface area contributed by atoms with Crippen LogP contribution < -0.4 is 0 Å². The van der Waals surface area contributed by atoms with Crippen molar-refractivity contribution in [1.29, 1.82) is 5.26 Å². The van der Waals surface area contributed by atoms with Crippen LogP contribution >= 0.6 is 11.8 Å². The molecule has 24 heavy (non-hydrogen) atoms. The summed E-state index contributed by atoms with van der Waals surface area (Å²) in [5.41, 5.74) is 1.20. The first-order chi connectivity index (χ1) is 11.4. The number of hydrogen-bond donors (Lipinski definition) is 0. The Kier molecular flexibility index (Phi) is 5.77. The zero-order valence-electron chi connectivity index (χ0n) is 13.3. The minimum Gasteiger partial charge on any atom is -0.464 e. The minimum atomic E-state index is -0.606. The van der Waals surface area contributed by atoms with E-state index < -0.39 is 17.1 Å². The van der Waals surface area contributed by atoms with Gasteiger partial charge in [0.05, 0.1) is 23.1 Å². The second-order valence-electron chi connectivity index (χ2n) is 5.58. The highest BCUT2D eigenvalue weighted by atomic mass is 32.2. The molecule has 0 bridgehead atoms. The van der Waals surface area contributed by atoms with Crippen LogP contribution in [0.5, 0.6) is 0 Å². The Morgan fingerprint density at radius 1 is 1.33 bits per heavy atom. The first-order valence-corrected chi connectivity index (χ1v) is 8.13. The lowest BCUT2D eigenvalue weighted by atomic mass is 10.1. The molecular weight excluding hydrogens is 328 g/mol. The normalized spacial score (nSPS) is 15.9. The molecule has 2 rings (SSSR count). The van der Waals surface area contributed by atoms with Crippen LogP contribution in [0.25, 0.3) is 6.08 Å². The van der Waals surface area contributed by atoms with Crippen LogP contribution in [0.2, 0.25) is 0 Å². The number of amides is 2. The van der Waals surface area contributed by atoms with Crippen molar-refractivity contribution < 1.29 is 19.1 Å². The molecule has 0 radical (unpaired) electrons. The lowest BCUT2D eigenvalue weighted by Crippen LogP contribution is -2.34. The highest BCUT2D eigenvalue weighted by molar-refractivity contribution is 8.18. The van der Waals surface area contributed by atoms with Gasteiger partial charge >= 0.3 is 5.97 Å². The van der Waals surface area contributed by atoms with Gasteiger partial charge in [-0.1, -0.05) is 26.0 Å². The van der Waals surface area contributed by atoms with E-state index in [0.717, 1.165) is 16.7 Å². The topological polar surface area (TPSA) is 87.5 Å². The van der Waals surface area contributed by atoms with Gasteiger partial charge in [0.2, 0.25) is 0 Å². The summed E-state index contributed by atoms with van der Waals surface area (Å²) in [7, 11) is 0. The molecule has 1 heterocycles. The quantitative estimate of drug-likeness (QED) is 0.603. The highest BCUT2D eigenvalue weighted by Gasteiger charge is 2.36. The number of ether oxygens (including phenoxy) is 1. The number of esters is 1. The van der Waals surface area contributed by atoms with E-state index in [1.807, 2.05) is 19.9 Å². The zero-order valence-corrected chi connectivity index (χ0v) is 14.1. The fourth-order valence-corrected chi connectivity index (χ4v) is 2.71. The first kappa shape index (κ1) is 17.8. The maximum Gasteiger partial charge on any atom is 0.326 e. The summed E-state index contributed by atoms with van der Waals surface area (Å²) in [6.07, 6.45) is 1.56. The molecule has 1 saturated heterocycles. The summed E-state index contributed by atoms with van der Waals surface area (Å²) < 4.78 is 5.00. The summed E-state index contributed by atoms with van der Waals surface area (Å²) in [4.78, 5) is 37.0. The summed E-state index contributed by atoms with van der Waals surface area (Å²) in [6, 6.07) is 8.62. The number of hydrogen-bond acceptors (Lipinski definition) is 6. The Bertz CT molecular complexity index is 732. The number of imide groups is 1. The van der Waals surface area contributed by atoms with Crippen LogP contribution in [0.1, 0.15) is 25.0 Å². The molecule has 0 unspecified atom stereocenters. The number of nitriles is 1. The number of rotatable bonds is 5. The Morgan fingerprint density at radius 2 is 2.00 bits per heavy atom. The van der Waals surface area contributed by atoms with Gasteiger partial charge in [0.1, 0.15) is 6.54 Å². The third-order valence-corrected chi connectivity index (χ3v) is 3.98. The predicted octanol–water partition coefficient (Wildman–Crippen LogP) is 2.79. The third-order valence-electron chi connectivity index (χ3n) is 3.08. The molecule has 0 spiro atoms. The monoisotopic (exact) mass is 344 g/mol. The van der Waals surface area contributed by atoms with Crippen LogP contribution in [-0.2, 0) is 14.3 Å². The highest BCUT2D eigenvalue weighted by Crippen LogP contribution is 2.32. The predicted molar refractivity (Wildman–Crippen MR) is 89.6 cm³/mol. The molecule has 7 heteroatoms. The van der Waals surface area contributed by atoms with Gasteiger partial charge in [0.25, 0.3) is 11.1 Å². The number of benzene rings is 1. The van der Waals surface area contributed by atoms with Crippen molar-refractivity contribution in [3.63, 3.8) is 0 Å². The van der Waals surface area contributed by atoms with Crippen molar-refractivity contribution in [2.45, 2.75) is 13.8 Å². The SMILES string of the molecule is CC(C)COC(=O)CN1C(=O)S/C(=C/c2ccc(C#N)cc2)C1=O. The summed E-state index contributed by atoms with van der Waals surface area (Å²) in [5.74, 6) is -0.943. The zero-order chi connectivity index (χ0) is 17.7. The van der Waals surface area contributed by atoms with Gasteiger partial charge in [-0.2, -0.15) is 5.26 Å². The lowest BCUT2D eigenvalue weighted by molar-refractivity contribution is -0.147. The van der Waals surface area contributed by atoms with E-state index in [9.17, 15) is 14.4 Å². The third kappa shape index (κ3) is 4.46. The van der Waals surface area contributed by atoms with Gasteiger partial charge < -0.3 is 4.74 Å². The average Bonchev–Trinajstić information content (AvgIpc) is 2.81. The second-order valence-corrected chi connectivity index (χ2v) is 6.57. The second kappa shape index (κ2) is 7.79. The van der Waals surface area contributed by atoms with E-state index in [0.29, 0.717) is 11.1 Å². The van der Waals surface area contributed by atoms with Crippen LogP contribution in [0, 0.1) is 17.2 Å². The molecule has 1 aliphatic rings. The van der Waals surface area contributed by atoms with Gasteiger partial charge in [0, 0.05) is 0 Å². The Balaban J connectivity index is 2.06. The van der Waals surface area contributed by atoms with Gasteiger partial charge in [0.15, 0.2) is 0 Å². The molecule has 1 fully saturated rings. The van der Waals surface area contributed by atoms with Crippen molar-refractivity contribution in [3.8, 4) is 6.07 Å². The summed E-state index contributed by atoms with van der Waals surface area (Å²) in [6.45, 7) is 3.65. The Hall–Kier alpha value is -2.59. The first-order valence-electron chi connectivity index (χ1n) is 7.32. The number of carbonyl (C=O) groups excluding carboxylic acids is 3. The van der Waals surface area contributed by atoms with Crippen LogP contribution in [0.4, 0.5) is 4.79 Å². The van der Waals surface area contributed by atoms with E-state index >= 15 is 0 Å². The average molecular weight is 344 g/mol. The van der Waals surface area contributed by atoms with Crippen LogP contribution in [-0.4, -0.2) is 35.2 Å². The number of carbonyl (C=O) groups is 3. The lowest BCUT2D eigenvalue weighted by Gasteiger charge is -2.12. The van der Waals surface area contributed by atoms with Crippen molar-refractivity contribution in [2.24, 2.45) is 5.92 Å². The van der Waals surface area contributed by atoms with E-state index in [1.54, 1.807) is 30.3 Å². The van der Waals surface area contributed by atoms with Crippen molar-refractivity contribution in [1.82, 2.24) is 4.90 Å². The Morgan fingerprint density at radius 3 is 2.58 bits per heavy atom.